The molecule has 5 nitrogen and oxygen atoms in total. The molecule has 1 amide bonds. The van der Waals surface area contributed by atoms with Crippen LogP contribution < -0.4 is 11.1 Å². The van der Waals surface area contributed by atoms with E-state index in [9.17, 15) is 14.7 Å². The Labute approximate surface area is 113 Å². The second kappa shape index (κ2) is 5.12. The summed E-state index contributed by atoms with van der Waals surface area (Å²) < 4.78 is 0. The van der Waals surface area contributed by atoms with E-state index in [0.717, 1.165) is 38.5 Å². The first kappa shape index (κ1) is 14.3. The Kier molecular flexibility index (Phi) is 3.85. The van der Waals surface area contributed by atoms with Crippen molar-refractivity contribution in [1.82, 2.24) is 5.32 Å². The largest absolute Gasteiger partial charge is 0.480 e. The van der Waals surface area contributed by atoms with E-state index in [1.165, 1.54) is 6.42 Å². The van der Waals surface area contributed by atoms with Crippen molar-refractivity contribution >= 4 is 11.9 Å². The van der Waals surface area contributed by atoms with Crippen LogP contribution in [0.4, 0.5) is 0 Å². The molecule has 19 heavy (non-hydrogen) atoms. The molecule has 1 unspecified atom stereocenters. The van der Waals surface area contributed by atoms with Gasteiger partial charge in [0.05, 0.1) is 0 Å². The Morgan fingerprint density at radius 3 is 2.37 bits per heavy atom. The summed E-state index contributed by atoms with van der Waals surface area (Å²) in [5.41, 5.74) is 4.68. The first-order valence-corrected chi connectivity index (χ1v) is 7.19. The molecule has 1 atom stereocenters. The van der Waals surface area contributed by atoms with Gasteiger partial charge in [-0.05, 0) is 38.5 Å². The van der Waals surface area contributed by atoms with Gasteiger partial charge in [-0.25, -0.2) is 4.79 Å². The Hall–Kier alpha value is -1.10. The lowest BCUT2D eigenvalue weighted by Gasteiger charge is -2.34. The van der Waals surface area contributed by atoms with Gasteiger partial charge in [0.25, 0.3) is 0 Å². The number of nitrogens with one attached hydrogen (secondary N) is 1. The molecule has 0 aromatic heterocycles. The van der Waals surface area contributed by atoms with Crippen molar-refractivity contribution in [2.75, 3.05) is 0 Å². The number of carbonyl (C=O) groups excluding carboxylic acids is 1. The van der Waals surface area contributed by atoms with Crippen LogP contribution in [0.3, 0.4) is 0 Å². The molecule has 0 spiro atoms. The van der Waals surface area contributed by atoms with Crippen LogP contribution in [0.2, 0.25) is 0 Å². The van der Waals surface area contributed by atoms with Gasteiger partial charge in [-0.15, -0.1) is 0 Å². The van der Waals surface area contributed by atoms with Gasteiger partial charge in [-0.1, -0.05) is 19.3 Å². The van der Waals surface area contributed by atoms with Gasteiger partial charge in [0.2, 0.25) is 5.91 Å². The van der Waals surface area contributed by atoms with Crippen LogP contribution in [0.5, 0.6) is 0 Å². The summed E-state index contributed by atoms with van der Waals surface area (Å²) in [6.07, 6.45) is 6.98. The van der Waals surface area contributed by atoms with Gasteiger partial charge in [0.1, 0.15) is 5.54 Å². The number of hydrogen-bond donors (Lipinski definition) is 3. The van der Waals surface area contributed by atoms with E-state index in [1.54, 1.807) is 6.92 Å². The van der Waals surface area contributed by atoms with Crippen molar-refractivity contribution in [3.05, 3.63) is 0 Å². The fourth-order valence-corrected chi connectivity index (χ4v) is 3.08. The molecule has 4 N–H and O–H groups in total. The number of nitrogens with two attached hydrogens (primary N) is 1. The molecular weight excluding hydrogens is 244 g/mol. The third-order valence-corrected chi connectivity index (χ3v) is 4.60. The maximum absolute atomic E-state index is 12.1. The van der Waals surface area contributed by atoms with Crippen molar-refractivity contribution < 1.29 is 14.7 Å². The van der Waals surface area contributed by atoms with Gasteiger partial charge in [0.15, 0.2) is 0 Å². The molecule has 0 saturated heterocycles. The van der Waals surface area contributed by atoms with Crippen LogP contribution >= 0.6 is 0 Å². The van der Waals surface area contributed by atoms with Crippen LogP contribution in [0.1, 0.15) is 58.3 Å². The first-order chi connectivity index (χ1) is 8.86. The predicted molar refractivity (Wildman–Crippen MR) is 71.5 cm³/mol. The third-order valence-electron chi connectivity index (χ3n) is 4.60. The van der Waals surface area contributed by atoms with Crippen molar-refractivity contribution in [2.24, 2.45) is 11.7 Å². The van der Waals surface area contributed by atoms with E-state index in [-0.39, 0.29) is 18.2 Å². The van der Waals surface area contributed by atoms with E-state index >= 15 is 0 Å². The van der Waals surface area contributed by atoms with E-state index in [0.29, 0.717) is 0 Å². The summed E-state index contributed by atoms with van der Waals surface area (Å²) in [4.78, 5) is 23.5. The molecule has 2 aliphatic rings. The lowest BCUT2D eigenvalue weighted by atomic mass is 9.80. The molecule has 0 aromatic carbocycles. The quantitative estimate of drug-likeness (QED) is 0.703. The van der Waals surface area contributed by atoms with Gasteiger partial charge in [0, 0.05) is 12.0 Å². The second-order valence-electron chi connectivity index (χ2n) is 6.43. The Morgan fingerprint density at radius 2 is 1.89 bits per heavy atom. The van der Waals surface area contributed by atoms with E-state index in [1.807, 2.05) is 0 Å². The van der Waals surface area contributed by atoms with Crippen molar-refractivity contribution in [2.45, 2.75) is 69.4 Å². The van der Waals surface area contributed by atoms with E-state index < -0.39 is 17.0 Å². The number of carboxylic acid groups (broad SMARTS) is 1. The second-order valence-corrected chi connectivity index (χ2v) is 6.43. The number of hydrogen-bond acceptors (Lipinski definition) is 3. The number of carbonyl (C=O) groups is 2. The minimum atomic E-state index is -1.12. The summed E-state index contributed by atoms with van der Waals surface area (Å²) in [5, 5.41) is 12.0. The molecule has 2 aliphatic carbocycles. The van der Waals surface area contributed by atoms with Crippen LogP contribution in [0.25, 0.3) is 0 Å². The molecule has 2 saturated carbocycles. The molecule has 0 heterocycles. The highest BCUT2D eigenvalue weighted by molar-refractivity contribution is 5.87. The van der Waals surface area contributed by atoms with Gasteiger partial charge >= 0.3 is 5.97 Å². The Morgan fingerprint density at radius 1 is 1.32 bits per heavy atom. The van der Waals surface area contributed by atoms with Crippen molar-refractivity contribution in [3.63, 3.8) is 0 Å². The lowest BCUT2D eigenvalue weighted by Crippen LogP contribution is -2.56. The normalized spacial score (nSPS) is 25.4. The molecule has 2 fully saturated rings. The topological polar surface area (TPSA) is 92.4 Å². The van der Waals surface area contributed by atoms with Crippen molar-refractivity contribution in [1.29, 1.82) is 0 Å². The van der Waals surface area contributed by atoms with Crippen LogP contribution in [0.15, 0.2) is 0 Å². The number of carboxylic acids is 1. The first-order valence-electron chi connectivity index (χ1n) is 7.19. The number of amides is 1. The average molecular weight is 268 g/mol. The maximum atomic E-state index is 12.1. The smallest absolute Gasteiger partial charge is 0.329 e. The highest BCUT2D eigenvalue weighted by Gasteiger charge is 2.49. The zero-order valence-corrected chi connectivity index (χ0v) is 11.6. The third kappa shape index (κ3) is 3.26. The van der Waals surface area contributed by atoms with Gasteiger partial charge < -0.3 is 16.2 Å². The lowest BCUT2D eigenvalue weighted by molar-refractivity contribution is -0.148. The van der Waals surface area contributed by atoms with E-state index in [4.69, 9.17) is 5.73 Å². The fraction of sp³-hybridized carbons (Fsp3) is 0.857. The minimum absolute atomic E-state index is 0.0639. The van der Waals surface area contributed by atoms with E-state index in [2.05, 4.69) is 5.32 Å². The molecule has 5 heteroatoms. The monoisotopic (exact) mass is 268 g/mol. The highest BCUT2D eigenvalue weighted by atomic mass is 16.4. The van der Waals surface area contributed by atoms with Crippen LogP contribution in [-0.2, 0) is 9.59 Å². The highest BCUT2D eigenvalue weighted by Crippen LogP contribution is 2.40. The number of aliphatic carboxylic acids is 1. The summed E-state index contributed by atoms with van der Waals surface area (Å²) in [6.45, 7) is 1.61. The van der Waals surface area contributed by atoms with Gasteiger partial charge in [-0.2, -0.15) is 0 Å². The average Bonchev–Trinajstić information content (AvgIpc) is 3.12. The summed E-state index contributed by atoms with van der Waals surface area (Å²) in [5.74, 6) is -1.10. The molecular formula is C14H24N2O3. The number of rotatable bonds is 5. The predicted octanol–water partition coefficient (Wildman–Crippen LogP) is 1.41. The summed E-state index contributed by atoms with van der Waals surface area (Å²) >= 11 is 0. The Balaban J connectivity index is 1.94. The van der Waals surface area contributed by atoms with Gasteiger partial charge in [-0.3, -0.25) is 4.79 Å². The van der Waals surface area contributed by atoms with Crippen LogP contribution in [-0.4, -0.2) is 28.1 Å². The zero-order valence-electron chi connectivity index (χ0n) is 11.6. The standard InChI is InChI=1S/C14H24N2O3/c1-13(12(18)19,10-5-6-10)16-11(17)9-14(15)7-3-2-4-8-14/h10H,2-9,15H2,1H3,(H,16,17)(H,18,19). The van der Waals surface area contributed by atoms with Crippen molar-refractivity contribution in [3.8, 4) is 0 Å². The van der Waals surface area contributed by atoms with Crippen LogP contribution in [0, 0.1) is 5.92 Å². The maximum Gasteiger partial charge on any atom is 0.329 e. The molecule has 0 aromatic rings. The molecule has 0 aliphatic heterocycles. The molecule has 0 radical (unpaired) electrons. The fourth-order valence-electron chi connectivity index (χ4n) is 3.08. The summed E-state index contributed by atoms with van der Waals surface area (Å²) in [6, 6.07) is 0. The molecule has 2 rings (SSSR count). The summed E-state index contributed by atoms with van der Waals surface area (Å²) in [7, 11) is 0. The minimum Gasteiger partial charge on any atom is -0.480 e. The Bertz CT molecular complexity index is 373. The molecule has 0 bridgehead atoms. The SMILES string of the molecule is CC(NC(=O)CC1(N)CCCCC1)(C(=O)O)C1CC1. The molecule has 108 valence electrons. The zero-order chi connectivity index (χ0) is 14.1.